The number of hydrogen-bond donors (Lipinski definition) is 1. The maximum absolute atomic E-state index is 14.4. The number of imidazole rings is 1. The third-order valence-corrected chi connectivity index (χ3v) is 6.38. The first-order valence-corrected chi connectivity index (χ1v) is 11.6. The lowest BCUT2D eigenvalue weighted by Crippen LogP contribution is -2.55. The molecule has 2 aromatic rings. The van der Waals surface area contributed by atoms with Crippen molar-refractivity contribution in [3.63, 3.8) is 0 Å². The van der Waals surface area contributed by atoms with Crippen LogP contribution >= 0.6 is 0 Å². The molecule has 1 atom stereocenters. The van der Waals surface area contributed by atoms with Gasteiger partial charge in [0, 0.05) is 17.3 Å². The first kappa shape index (κ1) is 24.7. The number of oxime groups is 1. The molecule has 1 N–H and O–H groups in total. The molecule has 2 aliphatic heterocycles. The second kappa shape index (κ2) is 9.81. The summed E-state index contributed by atoms with van der Waals surface area (Å²) in [4.78, 5) is 11.5. The quantitative estimate of drug-likeness (QED) is 0.620. The number of fused-ring (bicyclic) bond motifs is 1. The highest BCUT2D eigenvalue weighted by atomic mass is 19.1. The van der Waals surface area contributed by atoms with Crippen molar-refractivity contribution in [3.05, 3.63) is 82.7 Å². The normalized spacial score (nSPS) is 22.6. The van der Waals surface area contributed by atoms with Crippen LogP contribution in [0.3, 0.4) is 0 Å². The Morgan fingerprint density at radius 3 is 2.81 bits per heavy atom. The highest BCUT2D eigenvalue weighted by molar-refractivity contribution is 6.02. The summed E-state index contributed by atoms with van der Waals surface area (Å²) >= 11 is 0. The van der Waals surface area contributed by atoms with E-state index in [2.05, 4.69) is 10.1 Å². The number of benzene rings is 1. The number of morpholine rings is 1. The van der Waals surface area contributed by atoms with E-state index in [1.54, 1.807) is 24.4 Å². The van der Waals surface area contributed by atoms with E-state index in [0.717, 1.165) is 29.1 Å². The maximum atomic E-state index is 14.4. The number of aryl methyl sites for hydroxylation is 1. The molecule has 1 unspecified atom stereocenters. The highest BCUT2D eigenvalue weighted by Crippen LogP contribution is 2.40. The molecule has 5 rings (SSSR count). The van der Waals surface area contributed by atoms with Crippen molar-refractivity contribution < 1.29 is 32.6 Å². The number of aromatic nitrogens is 2. The molecule has 1 aliphatic carbocycles. The van der Waals surface area contributed by atoms with Crippen LogP contribution in [-0.4, -0.2) is 64.7 Å². The average molecular weight is 515 g/mol. The lowest BCUT2D eigenvalue weighted by Gasteiger charge is -2.39. The minimum Gasteiger partial charge on any atom is -0.495 e. The molecule has 0 spiro atoms. The summed E-state index contributed by atoms with van der Waals surface area (Å²) in [5.41, 5.74) is 0.480. The Balaban J connectivity index is 1.49. The van der Waals surface area contributed by atoms with Gasteiger partial charge in [-0.05, 0) is 42.8 Å². The lowest BCUT2D eigenvalue weighted by atomic mass is 9.98. The van der Waals surface area contributed by atoms with Gasteiger partial charge in [0.15, 0.2) is 5.76 Å². The van der Waals surface area contributed by atoms with E-state index in [1.807, 2.05) is 35.9 Å². The van der Waals surface area contributed by atoms with Gasteiger partial charge in [-0.25, -0.2) is 18.2 Å². The SMILES string of the molecule is COc1cc(/C=C2/OCCN3C2=NOC3(CO)C2=CC(CF)=C(F)CC(F)=C2)ccc1-n1cnc(C)c1. The number of alkyl halides is 1. The Labute approximate surface area is 211 Å². The first-order chi connectivity index (χ1) is 17.9. The van der Waals surface area contributed by atoms with Gasteiger partial charge >= 0.3 is 0 Å². The molecule has 1 fully saturated rings. The van der Waals surface area contributed by atoms with Gasteiger partial charge in [-0.1, -0.05) is 11.2 Å². The summed E-state index contributed by atoms with van der Waals surface area (Å²) in [5.74, 6) is -0.518. The minimum atomic E-state index is -1.67. The van der Waals surface area contributed by atoms with Gasteiger partial charge in [-0.3, -0.25) is 0 Å². The van der Waals surface area contributed by atoms with Gasteiger partial charge in [-0.2, -0.15) is 0 Å². The van der Waals surface area contributed by atoms with E-state index in [9.17, 15) is 18.3 Å². The van der Waals surface area contributed by atoms with E-state index >= 15 is 0 Å². The summed E-state index contributed by atoms with van der Waals surface area (Å²) in [6.07, 6.45) is 6.86. The van der Waals surface area contributed by atoms with Crippen molar-refractivity contribution in [1.82, 2.24) is 14.5 Å². The van der Waals surface area contributed by atoms with Crippen LogP contribution < -0.4 is 4.74 Å². The largest absolute Gasteiger partial charge is 0.495 e. The van der Waals surface area contributed by atoms with Crippen LogP contribution in [0.1, 0.15) is 17.7 Å². The number of hydrogen-bond acceptors (Lipinski definition) is 7. The molecule has 1 aromatic carbocycles. The number of allylic oxidation sites excluding steroid dienone is 4. The molecular weight excluding hydrogens is 489 g/mol. The number of rotatable bonds is 6. The number of ether oxygens (including phenoxy) is 2. The number of nitrogens with zero attached hydrogens (tertiary/aromatic N) is 4. The van der Waals surface area contributed by atoms with Crippen LogP contribution in [0.4, 0.5) is 13.2 Å². The van der Waals surface area contributed by atoms with Gasteiger partial charge in [0.25, 0.3) is 5.72 Å². The highest BCUT2D eigenvalue weighted by Gasteiger charge is 2.51. The van der Waals surface area contributed by atoms with Gasteiger partial charge in [-0.15, -0.1) is 0 Å². The third-order valence-electron chi connectivity index (χ3n) is 6.38. The fourth-order valence-electron chi connectivity index (χ4n) is 4.51. The molecule has 0 amide bonds. The maximum Gasteiger partial charge on any atom is 0.260 e. The minimum absolute atomic E-state index is 0.0504. The molecule has 0 bridgehead atoms. The fraction of sp³-hybridized carbons (Fsp3) is 0.308. The molecule has 8 nitrogen and oxygen atoms in total. The Bertz CT molecular complexity index is 1380. The molecule has 3 heterocycles. The van der Waals surface area contributed by atoms with Crippen molar-refractivity contribution in [1.29, 1.82) is 0 Å². The summed E-state index contributed by atoms with van der Waals surface area (Å²) < 4.78 is 55.4. The van der Waals surface area contributed by atoms with Crippen molar-refractivity contribution in [3.8, 4) is 11.4 Å². The standard InChI is InChI=1S/C26H25F3N4O4/c1-16-13-32(15-30-16)22-4-3-17(7-23(22)35-2)8-24-25-31-37-26(14-34,33(25)5-6-36-24)19-9-18(12-27)21(29)11-20(28)10-19/h3-4,7-10,13,15,34H,5-6,11-12,14H2,1-2H3/b24-8+. The Morgan fingerprint density at radius 2 is 2.11 bits per heavy atom. The molecule has 37 heavy (non-hydrogen) atoms. The van der Waals surface area contributed by atoms with Crippen molar-refractivity contribution in [2.24, 2.45) is 5.16 Å². The number of aliphatic hydroxyl groups is 1. The number of aliphatic hydroxyl groups excluding tert-OH is 1. The fourth-order valence-corrected chi connectivity index (χ4v) is 4.51. The average Bonchev–Trinajstić information content (AvgIpc) is 3.47. The van der Waals surface area contributed by atoms with Gasteiger partial charge in [0.1, 0.15) is 37.3 Å². The number of amidine groups is 1. The van der Waals surface area contributed by atoms with Crippen molar-refractivity contribution in [2.45, 2.75) is 19.1 Å². The van der Waals surface area contributed by atoms with E-state index in [-0.39, 0.29) is 30.1 Å². The van der Waals surface area contributed by atoms with Crippen LogP contribution in [0.15, 0.2) is 76.6 Å². The van der Waals surface area contributed by atoms with Crippen LogP contribution in [-0.2, 0) is 9.57 Å². The van der Waals surface area contributed by atoms with Gasteiger partial charge < -0.3 is 28.9 Å². The summed E-state index contributed by atoms with van der Waals surface area (Å²) in [7, 11) is 1.57. The second-order valence-electron chi connectivity index (χ2n) is 8.74. The summed E-state index contributed by atoms with van der Waals surface area (Å²) in [6.45, 7) is 0.570. The molecule has 1 saturated heterocycles. The van der Waals surface area contributed by atoms with Crippen LogP contribution in [0.25, 0.3) is 11.8 Å². The second-order valence-corrected chi connectivity index (χ2v) is 8.74. The van der Waals surface area contributed by atoms with Gasteiger partial charge in [0.05, 0.1) is 37.8 Å². The predicted molar refractivity (Wildman–Crippen MR) is 130 cm³/mol. The molecule has 194 valence electrons. The molecule has 0 radical (unpaired) electrons. The summed E-state index contributed by atoms with van der Waals surface area (Å²) in [5, 5.41) is 14.5. The molecule has 1 aromatic heterocycles. The zero-order valence-electron chi connectivity index (χ0n) is 20.2. The Morgan fingerprint density at radius 1 is 1.27 bits per heavy atom. The molecular formula is C26H25F3N4O4. The third kappa shape index (κ3) is 4.39. The van der Waals surface area contributed by atoms with Crippen LogP contribution in [0.2, 0.25) is 0 Å². The number of halogens is 3. The summed E-state index contributed by atoms with van der Waals surface area (Å²) in [6, 6.07) is 5.56. The molecule has 3 aliphatic rings. The van der Waals surface area contributed by atoms with Crippen molar-refractivity contribution in [2.75, 3.05) is 33.5 Å². The zero-order valence-corrected chi connectivity index (χ0v) is 20.2. The Hall–Kier alpha value is -3.99. The van der Waals surface area contributed by atoms with E-state index < -0.39 is 37.1 Å². The molecule has 11 heteroatoms. The monoisotopic (exact) mass is 514 g/mol. The Kier molecular flexibility index (Phi) is 6.55. The first-order valence-electron chi connectivity index (χ1n) is 11.6. The van der Waals surface area contributed by atoms with E-state index in [1.165, 1.54) is 0 Å². The predicted octanol–water partition coefficient (Wildman–Crippen LogP) is 4.27. The van der Waals surface area contributed by atoms with Crippen LogP contribution in [0.5, 0.6) is 5.75 Å². The zero-order chi connectivity index (χ0) is 26.2. The lowest BCUT2D eigenvalue weighted by molar-refractivity contribution is -0.104. The van der Waals surface area contributed by atoms with Crippen molar-refractivity contribution >= 4 is 11.9 Å². The smallest absolute Gasteiger partial charge is 0.260 e. The topological polar surface area (TPSA) is 81.3 Å². The number of methoxy groups -OCH3 is 1. The van der Waals surface area contributed by atoms with E-state index in [4.69, 9.17) is 14.3 Å². The molecule has 0 saturated carbocycles. The van der Waals surface area contributed by atoms with E-state index in [0.29, 0.717) is 11.5 Å². The van der Waals surface area contributed by atoms with Gasteiger partial charge in [0.2, 0.25) is 5.84 Å². The van der Waals surface area contributed by atoms with Crippen LogP contribution in [0, 0.1) is 6.92 Å².